The number of nitrogens with zero attached hydrogens (tertiary/aromatic N) is 1. The van der Waals surface area contributed by atoms with Crippen molar-refractivity contribution < 1.29 is 4.79 Å². The normalized spacial score (nSPS) is 10.9. The van der Waals surface area contributed by atoms with Crippen molar-refractivity contribution in [1.82, 2.24) is 4.90 Å². The average Bonchev–Trinajstić information content (AvgIpc) is 2.26. The van der Waals surface area contributed by atoms with Crippen LogP contribution in [0.4, 0.5) is 5.69 Å². The molecule has 1 aromatic carbocycles. The minimum atomic E-state index is 0.0691. The topological polar surface area (TPSA) is 32.3 Å². The number of carbonyl (C=O) groups is 1. The van der Waals surface area contributed by atoms with Gasteiger partial charge in [0, 0.05) is 18.7 Å². The molecule has 0 fully saturated rings. The Labute approximate surface area is 104 Å². The van der Waals surface area contributed by atoms with Gasteiger partial charge in [-0.15, -0.1) is 0 Å². The standard InChI is InChI=1S/C14H22N2O/c1-11(2)12-6-5-7-13(10-12)15-14(17)8-9-16(3)4/h5-7,10-11H,8-9H2,1-4H3,(H,15,17). The Morgan fingerprint density at radius 1 is 1.35 bits per heavy atom. The van der Waals surface area contributed by atoms with E-state index in [0.717, 1.165) is 12.2 Å². The molecule has 3 nitrogen and oxygen atoms in total. The first-order valence-electron chi connectivity index (χ1n) is 6.03. The summed E-state index contributed by atoms with van der Waals surface area (Å²) in [6, 6.07) is 8.04. The molecule has 1 amide bonds. The van der Waals surface area contributed by atoms with Crippen molar-refractivity contribution in [1.29, 1.82) is 0 Å². The zero-order valence-electron chi connectivity index (χ0n) is 11.2. The van der Waals surface area contributed by atoms with Crippen LogP contribution in [0.2, 0.25) is 0 Å². The molecule has 0 atom stereocenters. The maximum Gasteiger partial charge on any atom is 0.225 e. The SMILES string of the molecule is CC(C)c1cccc(NC(=O)CCN(C)C)c1. The van der Waals surface area contributed by atoms with Crippen LogP contribution in [0.15, 0.2) is 24.3 Å². The largest absolute Gasteiger partial charge is 0.326 e. The zero-order chi connectivity index (χ0) is 12.8. The first kappa shape index (κ1) is 13.7. The predicted octanol–water partition coefficient (Wildman–Crippen LogP) is 2.70. The molecule has 0 radical (unpaired) electrons. The number of amides is 1. The Morgan fingerprint density at radius 2 is 2.06 bits per heavy atom. The van der Waals surface area contributed by atoms with Crippen LogP contribution in [0, 0.1) is 0 Å². The molecule has 0 unspecified atom stereocenters. The van der Waals surface area contributed by atoms with Crippen LogP contribution in [-0.4, -0.2) is 31.4 Å². The first-order valence-corrected chi connectivity index (χ1v) is 6.03. The minimum absolute atomic E-state index is 0.0691. The number of benzene rings is 1. The van der Waals surface area contributed by atoms with Crippen LogP contribution < -0.4 is 5.32 Å². The van der Waals surface area contributed by atoms with Crippen LogP contribution >= 0.6 is 0 Å². The first-order chi connectivity index (χ1) is 7.99. The number of hydrogen-bond donors (Lipinski definition) is 1. The van der Waals surface area contributed by atoms with Gasteiger partial charge in [-0.1, -0.05) is 26.0 Å². The van der Waals surface area contributed by atoms with Crippen molar-refractivity contribution >= 4 is 11.6 Å². The van der Waals surface area contributed by atoms with E-state index in [1.807, 2.05) is 37.2 Å². The van der Waals surface area contributed by atoms with Gasteiger partial charge in [0.05, 0.1) is 0 Å². The highest BCUT2D eigenvalue weighted by Crippen LogP contribution is 2.18. The van der Waals surface area contributed by atoms with Gasteiger partial charge in [-0.2, -0.15) is 0 Å². The summed E-state index contributed by atoms with van der Waals surface area (Å²) >= 11 is 0. The van der Waals surface area contributed by atoms with Crippen LogP contribution in [0.3, 0.4) is 0 Å². The third-order valence-corrected chi connectivity index (χ3v) is 2.62. The number of anilines is 1. The molecule has 0 bridgehead atoms. The quantitative estimate of drug-likeness (QED) is 0.849. The molecule has 1 N–H and O–H groups in total. The van der Waals surface area contributed by atoms with Gasteiger partial charge in [0.2, 0.25) is 5.91 Å². The summed E-state index contributed by atoms with van der Waals surface area (Å²) in [5.41, 5.74) is 2.13. The van der Waals surface area contributed by atoms with Crippen molar-refractivity contribution in [3.8, 4) is 0 Å². The Morgan fingerprint density at radius 3 is 2.65 bits per heavy atom. The summed E-state index contributed by atoms with van der Waals surface area (Å²) in [5.74, 6) is 0.549. The monoisotopic (exact) mass is 234 g/mol. The lowest BCUT2D eigenvalue weighted by molar-refractivity contribution is -0.116. The van der Waals surface area contributed by atoms with Crippen molar-refractivity contribution in [2.24, 2.45) is 0 Å². The van der Waals surface area contributed by atoms with Crippen molar-refractivity contribution in [2.75, 3.05) is 26.0 Å². The molecule has 0 aliphatic rings. The lowest BCUT2D eigenvalue weighted by Gasteiger charge is -2.11. The highest BCUT2D eigenvalue weighted by Gasteiger charge is 2.04. The Kier molecular flexibility index (Phi) is 5.16. The molecular formula is C14H22N2O. The molecule has 1 aromatic rings. The van der Waals surface area contributed by atoms with Gasteiger partial charge >= 0.3 is 0 Å². The third-order valence-electron chi connectivity index (χ3n) is 2.62. The van der Waals surface area contributed by atoms with E-state index in [0.29, 0.717) is 12.3 Å². The van der Waals surface area contributed by atoms with Crippen LogP contribution in [0.5, 0.6) is 0 Å². The Hall–Kier alpha value is -1.35. The van der Waals surface area contributed by atoms with Crippen LogP contribution in [0.25, 0.3) is 0 Å². The lowest BCUT2D eigenvalue weighted by atomic mass is 10.0. The molecule has 0 aliphatic heterocycles. The number of hydrogen-bond acceptors (Lipinski definition) is 2. The fourth-order valence-electron chi connectivity index (χ4n) is 1.52. The van der Waals surface area contributed by atoms with Gasteiger partial charge in [0.25, 0.3) is 0 Å². The van der Waals surface area contributed by atoms with Crippen LogP contribution in [0.1, 0.15) is 31.7 Å². The molecule has 0 spiro atoms. The second kappa shape index (κ2) is 6.40. The van der Waals surface area contributed by atoms with Crippen LogP contribution in [-0.2, 0) is 4.79 Å². The molecule has 0 saturated carbocycles. The summed E-state index contributed by atoms with van der Waals surface area (Å²) in [6.07, 6.45) is 0.527. The molecule has 17 heavy (non-hydrogen) atoms. The van der Waals surface area contributed by atoms with Gasteiger partial charge in [0.15, 0.2) is 0 Å². The molecule has 0 saturated heterocycles. The van der Waals surface area contributed by atoms with Gasteiger partial charge in [-0.05, 0) is 37.7 Å². The van der Waals surface area contributed by atoms with E-state index in [-0.39, 0.29) is 5.91 Å². The van der Waals surface area contributed by atoms with E-state index in [2.05, 4.69) is 25.2 Å². The second-order valence-electron chi connectivity index (χ2n) is 4.88. The number of carbonyl (C=O) groups excluding carboxylic acids is 1. The molecule has 1 rings (SSSR count). The van der Waals surface area contributed by atoms with E-state index in [9.17, 15) is 4.79 Å². The van der Waals surface area contributed by atoms with E-state index >= 15 is 0 Å². The van der Waals surface area contributed by atoms with E-state index in [1.54, 1.807) is 0 Å². The van der Waals surface area contributed by atoms with Crippen molar-refractivity contribution in [3.05, 3.63) is 29.8 Å². The maximum atomic E-state index is 11.7. The number of nitrogens with one attached hydrogen (secondary N) is 1. The molecule has 0 aliphatic carbocycles. The van der Waals surface area contributed by atoms with E-state index < -0.39 is 0 Å². The highest BCUT2D eigenvalue weighted by atomic mass is 16.1. The third kappa shape index (κ3) is 5.00. The predicted molar refractivity (Wildman–Crippen MR) is 72.3 cm³/mol. The van der Waals surface area contributed by atoms with Gasteiger partial charge in [0.1, 0.15) is 0 Å². The lowest BCUT2D eigenvalue weighted by Crippen LogP contribution is -2.20. The average molecular weight is 234 g/mol. The second-order valence-corrected chi connectivity index (χ2v) is 4.88. The molecular weight excluding hydrogens is 212 g/mol. The summed E-state index contributed by atoms with van der Waals surface area (Å²) in [4.78, 5) is 13.7. The van der Waals surface area contributed by atoms with Crippen molar-refractivity contribution in [2.45, 2.75) is 26.2 Å². The van der Waals surface area contributed by atoms with E-state index in [1.165, 1.54) is 5.56 Å². The fraction of sp³-hybridized carbons (Fsp3) is 0.500. The summed E-state index contributed by atoms with van der Waals surface area (Å²) in [7, 11) is 3.93. The summed E-state index contributed by atoms with van der Waals surface area (Å²) < 4.78 is 0. The smallest absolute Gasteiger partial charge is 0.225 e. The Balaban J connectivity index is 2.56. The van der Waals surface area contributed by atoms with Gasteiger partial charge in [-0.25, -0.2) is 0 Å². The maximum absolute atomic E-state index is 11.7. The molecule has 94 valence electrons. The van der Waals surface area contributed by atoms with E-state index in [4.69, 9.17) is 0 Å². The van der Waals surface area contributed by atoms with Crippen molar-refractivity contribution in [3.63, 3.8) is 0 Å². The summed E-state index contributed by atoms with van der Waals surface area (Å²) in [6.45, 7) is 5.07. The fourth-order valence-corrected chi connectivity index (χ4v) is 1.52. The molecule has 0 heterocycles. The zero-order valence-corrected chi connectivity index (χ0v) is 11.2. The van der Waals surface area contributed by atoms with Gasteiger partial charge < -0.3 is 10.2 Å². The Bertz CT molecular complexity index is 372. The summed E-state index contributed by atoms with van der Waals surface area (Å²) in [5, 5.41) is 2.93. The highest BCUT2D eigenvalue weighted by molar-refractivity contribution is 5.90. The minimum Gasteiger partial charge on any atom is -0.326 e. The van der Waals surface area contributed by atoms with Gasteiger partial charge in [-0.3, -0.25) is 4.79 Å². The molecule has 3 heteroatoms. The number of rotatable bonds is 5. The molecule has 0 aromatic heterocycles.